The van der Waals surface area contributed by atoms with E-state index >= 15 is 0 Å². The summed E-state index contributed by atoms with van der Waals surface area (Å²) in [5.74, 6) is -5.25. The van der Waals surface area contributed by atoms with Crippen LogP contribution in [-0.4, -0.2) is 38.9 Å². The maximum absolute atomic E-state index is 12.4. The zero-order chi connectivity index (χ0) is 13.0. The molecule has 9 heteroatoms. The highest BCUT2D eigenvalue weighted by molar-refractivity contribution is 7.89. The molecule has 0 radical (unpaired) electrons. The topological polar surface area (TPSA) is 46.2 Å². The molecule has 16 heavy (non-hydrogen) atoms. The quantitative estimate of drug-likeness (QED) is 0.571. The van der Waals surface area contributed by atoms with Crippen molar-refractivity contribution in [2.45, 2.75) is 19.3 Å². The Morgan fingerprint density at radius 3 is 2.25 bits per heavy atom. The minimum atomic E-state index is -4.36. The molecule has 0 spiro atoms. The van der Waals surface area contributed by atoms with Crippen LogP contribution in [0.4, 0.5) is 17.6 Å². The van der Waals surface area contributed by atoms with Crippen LogP contribution in [-0.2, 0) is 10.0 Å². The van der Waals surface area contributed by atoms with Crippen molar-refractivity contribution in [3.8, 4) is 0 Å². The minimum Gasteiger partial charge on any atom is -0.212 e. The third kappa shape index (κ3) is 5.86. The van der Waals surface area contributed by atoms with Crippen molar-refractivity contribution in [3.63, 3.8) is 0 Å². The zero-order valence-corrected chi connectivity index (χ0v) is 9.96. The summed E-state index contributed by atoms with van der Waals surface area (Å²) in [6, 6.07) is 0. The number of hydrogen-bond acceptors (Lipinski definition) is 2. The molecule has 0 rings (SSSR count). The SMILES string of the molecule is CC(CCl)CS(=O)(=O)NCC(F)(F)C(F)F. The highest BCUT2D eigenvalue weighted by atomic mass is 35.5. The Hall–Kier alpha value is -0.0800. The molecule has 0 aromatic rings. The average Bonchev–Trinajstić information content (AvgIpc) is 2.14. The van der Waals surface area contributed by atoms with Gasteiger partial charge in [-0.05, 0) is 5.92 Å². The first-order valence-electron chi connectivity index (χ1n) is 4.30. The molecule has 1 unspecified atom stereocenters. The first kappa shape index (κ1) is 15.9. The Morgan fingerprint density at radius 2 is 1.88 bits per heavy atom. The van der Waals surface area contributed by atoms with E-state index in [2.05, 4.69) is 0 Å². The van der Waals surface area contributed by atoms with Crippen LogP contribution in [0.25, 0.3) is 0 Å². The molecule has 98 valence electrons. The van der Waals surface area contributed by atoms with E-state index in [0.29, 0.717) is 0 Å². The molecule has 0 aliphatic heterocycles. The normalized spacial score (nSPS) is 15.4. The lowest BCUT2D eigenvalue weighted by Crippen LogP contribution is -2.42. The largest absolute Gasteiger partial charge is 0.320 e. The van der Waals surface area contributed by atoms with Crippen molar-refractivity contribution in [3.05, 3.63) is 0 Å². The highest BCUT2D eigenvalue weighted by Crippen LogP contribution is 2.21. The molecule has 3 nitrogen and oxygen atoms in total. The van der Waals surface area contributed by atoms with Crippen LogP contribution in [0.2, 0.25) is 0 Å². The van der Waals surface area contributed by atoms with Crippen molar-refractivity contribution in [1.82, 2.24) is 4.72 Å². The van der Waals surface area contributed by atoms with Crippen LogP contribution in [0.1, 0.15) is 6.92 Å². The Balaban J connectivity index is 4.30. The van der Waals surface area contributed by atoms with Crippen molar-refractivity contribution in [1.29, 1.82) is 0 Å². The second kappa shape index (κ2) is 6.02. The monoisotopic (exact) mass is 285 g/mol. The van der Waals surface area contributed by atoms with Gasteiger partial charge in [-0.15, -0.1) is 11.6 Å². The molecule has 0 heterocycles. The fraction of sp³-hybridized carbons (Fsp3) is 1.00. The predicted molar refractivity (Wildman–Crippen MR) is 52.6 cm³/mol. The van der Waals surface area contributed by atoms with Crippen molar-refractivity contribution < 1.29 is 26.0 Å². The van der Waals surface area contributed by atoms with E-state index in [4.69, 9.17) is 11.6 Å². The summed E-state index contributed by atoms with van der Waals surface area (Å²) >= 11 is 5.34. The molecular formula is C7H12ClF4NO2S. The van der Waals surface area contributed by atoms with E-state index in [1.807, 2.05) is 0 Å². The molecule has 0 aliphatic rings. The maximum Gasteiger partial charge on any atom is 0.320 e. The van der Waals surface area contributed by atoms with E-state index in [0.717, 1.165) is 0 Å². The summed E-state index contributed by atoms with van der Waals surface area (Å²) in [5.41, 5.74) is 0. The van der Waals surface area contributed by atoms with Crippen molar-refractivity contribution in [2.75, 3.05) is 18.2 Å². The van der Waals surface area contributed by atoms with Crippen molar-refractivity contribution >= 4 is 21.6 Å². The second-order valence-corrected chi connectivity index (χ2v) is 5.58. The number of rotatable bonds is 7. The van der Waals surface area contributed by atoms with Gasteiger partial charge in [-0.3, -0.25) is 0 Å². The fourth-order valence-electron chi connectivity index (χ4n) is 0.761. The van der Waals surface area contributed by atoms with Gasteiger partial charge in [-0.2, -0.15) is 8.78 Å². The Labute approximate surface area is 96.2 Å². The van der Waals surface area contributed by atoms with Crippen LogP contribution in [0.15, 0.2) is 0 Å². The summed E-state index contributed by atoms with van der Waals surface area (Å²) in [6.07, 6.45) is -3.90. The van der Waals surface area contributed by atoms with E-state index in [-0.39, 0.29) is 5.88 Å². The highest BCUT2D eigenvalue weighted by Gasteiger charge is 2.41. The van der Waals surface area contributed by atoms with Gasteiger partial charge in [-0.1, -0.05) is 6.92 Å². The standard InChI is InChI=1S/C7H12ClF4NO2S/c1-5(2-8)3-16(14,15)13-4-7(11,12)6(9)10/h5-6,13H,2-4H2,1H3. The number of hydrogen-bond donors (Lipinski definition) is 1. The van der Waals surface area contributed by atoms with E-state index in [1.54, 1.807) is 0 Å². The zero-order valence-electron chi connectivity index (χ0n) is 8.39. The molecular weight excluding hydrogens is 274 g/mol. The summed E-state index contributed by atoms with van der Waals surface area (Å²) in [5, 5.41) is 0. The van der Waals surface area contributed by atoms with Crippen LogP contribution in [0, 0.1) is 5.92 Å². The fourth-order valence-corrected chi connectivity index (χ4v) is 2.40. The summed E-state index contributed by atoms with van der Waals surface area (Å²) in [6.45, 7) is -0.112. The number of halogens is 5. The van der Waals surface area contributed by atoms with Gasteiger partial charge in [0.05, 0.1) is 12.3 Å². The molecule has 0 fully saturated rings. The second-order valence-electron chi connectivity index (χ2n) is 3.42. The lowest BCUT2D eigenvalue weighted by molar-refractivity contribution is -0.122. The van der Waals surface area contributed by atoms with Gasteiger partial charge in [0.2, 0.25) is 10.0 Å². The van der Waals surface area contributed by atoms with Gasteiger partial charge in [-0.25, -0.2) is 21.9 Å². The van der Waals surface area contributed by atoms with E-state index < -0.39 is 40.6 Å². The smallest absolute Gasteiger partial charge is 0.212 e. The van der Waals surface area contributed by atoms with Gasteiger partial charge in [0.15, 0.2) is 0 Å². The molecule has 0 aromatic carbocycles. The molecule has 0 saturated heterocycles. The van der Waals surface area contributed by atoms with Gasteiger partial charge < -0.3 is 0 Å². The van der Waals surface area contributed by atoms with E-state index in [9.17, 15) is 26.0 Å². The third-order valence-corrected chi connectivity index (χ3v) is 3.73. The van der Waals surface area contributed by atoms with E-state index in [1.165, 1.54) is 11.6 Å². The number of alkyl halides is 5. The Kier molecular flexibility index (Phi) is 5.99. The van der Waals surface area contributed by atoms with Crippen LogP contribution >= 0.6 is 11.6 Å². The van der Waals surface area contributed by atoms with Gasteiger partial charge >= 0.3 is 12.3 Å². The molecule has 0 bridgehead atoms. The summed E-state index contributed by atoms with van der Waals surface area (Å²) in [7, 11) is -4.01. The number of sulfonamides is 1. The summed E-state index contributed by atoms with van der Waals surface area (Å²) in [4.78, 5) is 0. The van der Waals surface area contributed by atoms with Gasteiger partial charge in [0.1, 0.15) is 0 Å². The first-order chi connectivity index (χ1) is 7.10. The molecule has 0 saturated carbocycles. The van der Waals surface area contributed by atoms with Crippen LogP contribution in [0.5, 0.6) is 0 Å². The average molecular weight is 286 g/mol. The Bertz CT molecular complexity index is 310. The third-order valence-electron chi connectivity index (χ3n) is 1.61. The lowest BCUT2D eigenvalue weighted by atomic mass is 10.3. The number of nitrogens with one attached hydrogen (secondary N) is 1. The molecule has 1 atom stereocenters. The lowest BCUT2D eigenvalue weighted by Gasteiger charge is -2.16. The Morgan fingerprint density at radius 1 is 1.38 bits per heavy atom. The first-order valence-corrected chi connectivity index (χ1v) is 6.48. The molecule has 0 amide bonds. The van der Waals surface area contributed by atoms with Crippen LogP contribution < -0.4 is 4.72 Å². The van der Waals surface area contributed by atoms with Crippen molar-refractivity contribution in [2.24, 2.45) is 5.92 Å². The minimum absolute atomic E-state index is 0.0339. The summed E-state index contributed by atoms with van der Waals surface area (Å²) < 4.78 is 71.9. The molecule has 0 aromatic heterocycles. The predicted octanol–water partition coefficient (Wildman–Crippen LogP) is 1.68. The van der Waals surface area contributed by atoms with Crippen LogP contribution in [0.3, 0.4) is 0 Å². The maximum atomic E-state index is 12.4. The molecule has 0 aliphatic carbocycles. The molecule has 1 N–H and O–H groups in total. The van der Waals surface area contributed by atoms with Gasteiger partial charge in [0, 0.05) is 5.88 Å². The van der Waals surface area contributed by atoms with Gasteiger partial charge in [0.25, 0.3) is 0 Å².